The van der Waals surface area contributed by atoms with Crippen molar-refractivity contribution in [2.45, 2.75) is 6.92 Å². The van der Waals surface area contributed by atoms with E-state index >= 15 is 0 Å². The van der Waals surface area contributed by atoms with E-state index in [-0.39, 0.29) is 18.2 Å². The summed E-state index contributed by atoms with van der Waals surface area (Å²) in [7, 11) is 0. The average molecular weight is 303 g/mol. The molecule has 0 atom stereocenters. The van der Waals surface area contributed by atoms with Crippen molar-refractivity contribution in [3.63, 3.8) is 0 Å². The monoisotopic (exact) mass is 302 g/mol. The molecule has 0 fully saturated rings. The number of Topliss-reactive ketones (excluding diaryl/α,β-unsaturated/α-hetero) is 1. The van der Waals surface area contributed by atoms with Crippen molar-refractivity contribution >= 4 is 34.7 Å². The first-order valence-corrected chi connectivity index (χ1v) is 6.83. The molecule has 2 aromatic carbocycles. The Hall–Kier alpha value is -2.33. The van der Waals surface area contributed by atoms with Crippen LogP contribution in [0, 0.1) is 0 Å². The Morgan fingerprint density at radius 2 is 1.86 bits per heavy atom. The topological polar surface area (TPSA) is 58.2 Å². The van der Waals surface area contributed by atoms with Crippen LogP contribution in [0.3, 0.4) is 0 Å². The van der Waals surface area contributed by atoms with Crippen molar-refractivity contribution in [1.82, 2.24) is 0 Å². The number of carbonyl (C=O) groups excluding carboxylic acids is 2. The fraction of sp³-hybridized carbons (Fsp3) is 0.125. The largest absolute Gasteiger partial charge is 0.376 e. The van der Waals surface area contributed by atoms with Crippen molar-refractivity contribution < 1.29 is 9.59 Å². The van der Waals surface area contributed by atoms with Crippen molar-refractivity contribution in [2.75, 3.05) is 17.2 Å². The molecular weight excluding hydrogens is 288 g/mol. The number of hydrogen-bond donors (Lipinski definition) is 2. The number of benzene rings is 2. The summed E-state index contributed by atoms with van der Waals surface area (Å²) in [4.78, 5) is 23.4. The van der Waals surface area contributed by atoms with E-state index in [4.69, 9.17) is 11.6 Å². The third-order valence-corrected chi connectivity index (χ3v) is 3.09. The standard InChI is InChI=1S/C16H15ClN2O2/c1-11(20)14-7-2-3-8-15(14)19-16(21)10-18-13-6-4-5-12(17)9-13/h2-9,18H,10H2,1H3,(H,19,21). The summed E-state index contributed by atoms with van der Waals surface area (Å²) in [6.07, 6.45) is 0. The van der Waals surface area contributed by atoms with Crippen LogP contribution in [-0.4, -0.2) is 18.2 Å². The van der Waals surface area contributed by atoms with Gasteiger partial charge in [-0.3, -0.25) is 9.59 Å². The fourth-order valence-corrected chi connectivity index (χ4v) is 2.06. The summed E-state index contributed by atoms with van der Waals surface area (Å²) in [6.45, 7) is 1.56. The maximum atomic E-state index is 11.9. The van der Waals surface area contributed by atoms with Crippen LogP contribution in [0.15, 0.2) is 48.5 Å². The van der Waals surface area contributed by atoms with Crippen LogP contribution in [0.25, 0.3) is 0 Å². The van der Waals surface area contributed by atoms with Gasteiger partial charge >= 0.3 is 0 Å². The molecule has 0 heterocycles. The molecule has 108 valence electrons. The molecule has 2 rings (SSSR count). The quantitative estimate of drug-likeness (QED) is 0.830. The fourth-order valence-electron chi connectivity index (χ4n) is 1.87. The molecule has 0 aliphatic carbocycles. The molecule has 0 aromatic heterocycles. The number of rotatable bonds is 5. The van der Waals surface area contributed by atoms with Crippen LogP contribution < -0.4 is 10.6 Å². The summed E-state index contributed by atoms with van der Waals surface area (Å²) in [6, 6.07) is 14.0. The number of carbonyl (C=O) groups is 2. The molecule has 2 N–H and O–H groups in total. The highest BCUT2D eigenvalue weighted by atomic mass is 35.5. The summed E-state index contributed by atoms with van der Waals surface area (Å²) >= 11 is 5.87. The summed E-state index contributed by atoms with van der Waals surface area (Å²) in [5.74, 6) is -0.322. The van der Waals surface area contributed by atoms with Gasteiger partial charge in [-0.05, 0) is 37.3 Å². The molecule has 0 saturated heterocycles. The van der Waals surface area contributed by atoms with Crippen LogP contribution in [-0.2, 0) is 4.79 Å². The Morgan fingerprint density at radius 1 is 1.10 bits per heavy atom. The third-order valence-electron chi connectivity index (χ3n) is 2.86. The van der Waals surface area contributed by atoms with Gasteiger partial charge in [0, 0.05) is 16.3 Å². The van der Waals surface area contributed by atoms with Crippen molar-refractivity contribution in [1.29, 1.82) is 0 Å². The number of nitrogens with one attached hydrogen (secondary N) is 2. The van der Waals surface area contributed by atoms with Gasteiger partial charge in [0.05, 0.1) is 12.2 Å². The van der Waals surface area contributed by atoms with Gasteiger partial charge in [-0.15, -0.1) is 0 Å². The highest BCUT2D eigenvalue weighted by molar-refractivity contribution is 6.30. The molecule has 0 spiro atoms. The van der Waals surface area contributed by atoms with E-state index in [1.165, 1.54) is 6.92 Å². The zero-order valence-electron chi connectivity index (χ0n) is 11.5. The van der Waals surface area contributed by atoms with Gasteiger partial charge in [-0.1, -0.05) is 29.8 Å². The number of amides is 1. The van der Waals surface area contributed by atoms with E-state index in [2.05, 4.69) is 10.6 Å². The molecule has 0 unspecified atom stereocenters. The number of halogens is 1. The minimum atomic E-state index is -0.233. The lowest BCUT2D eigenvalue weighted by atomic mass is 10.1. The average Bonchev–Trinajstić information content (AvgIpc) is 2.45. The molecule has 0 saturated carbocycles. The lowest BCUT2D eigenvalue weighted by molar-refractivity contribution is -0.114. The van der Waals surface area contributed by atoms with Crippen molar-refractivity contribution in [3.8, 4) is 0 Å². The molecular formula is C16H15ClN2O2. The lowest BCUT2D eigenvalue weighted by Gasteiger charge is -2.10. The Bertz CT molecular complexity index is 671. The number of anilines is 2. The van der Waals surface area contributed by atoms with E-state index in [9.17, 15) is 9.59 Å². The van der Waals surface area contributed by atoms with Crippen molar-refractivity contribution in [3.05, 3.63) is 59.1 Å². The molecule has 4 nitrogen and oxygen atoms in total. The molecule has 5 heteroatoms. The predicted molar refractivity (Wildman–Crippen MR) is 85.0 cm³/mol. The minimum Gasteiger partial charge on any atom is -0.376 e. The summed E-state index contributed by atoms with van der Waals surface area (Å²) < 4.78 is 0. The number of hydrogen-bond acceptors (Lipinski definition) is 3. The van der Waals surface area contributed by atoms with E-state index in [1.807, 2.05) is 6.07 Å². The Labute approximate surface area is 128 Å². The molecule has 0 bridgehead atoms. The zero-order chi connectivity index (χ0) is 15.2. The normalized spacial score (nSPS) is 10.0. The first-order valence-electron chi connectivity index (χ1n) is 6.45. The van der Waals surface area contributed by atoms with E-state index in [0.29, 0.717) is 16.3 Å². The maximum Gasteiger partial charge on any atom is 0.243 e. The van der Waals surface area contributed by atoms with Crippen LogP contribution in [0.1, 0.15) is 17.3 Å². The summed E-state index contributed by atoms with van der Waals surface area (Å²) in [5, 5.41) is 6.29. The second kappa shape index (κ2) is 6.90. The zero-order valence-corrected chi connectivity index (χ0v) is 12.3. The van der Waals surface area contributed by atoms with Crippen LogP contribution >= 0.6 is 11.6 Å². The molecule has 1 amide bonds. The van der Waals surface area contributed by atoms with Crippen LogP contribution in [0.4, 0.5) is 11.4 Å². The molecule has 0 aliphatic heterocycles. The van der Waals surface area contributed by atoms with E-state index in [0.717, 1.165) is 5.69 Å². The van der Waals surface area contributed by atoms with Gasteiger partial charge in [0.2, 0.25) is 5.91 Å². The van der Waals surface area contributed by atoms with Gasteiger partial charge in [0.1, 0.15) is 0 Å². The van der Waals surface area contributed by atoms with Gasteiger partial charge in [-0.2, -0.15) is 0 Å². The maximum absolute atomic E-state index is 11.9. The van der Waals surface area contributed by atoms with E-state index < -0.39 is 0 Å². The predicted octanol–water partition coefficient (Wildman–Crippen LogP) is 3.59. The second-order valence-corrected chi connectivity index (χ2v) is 4.95. The van der Waals surface area contributed by atoms with Gasteiger partial charge in [-0.25, -0.2) is 0 Å². The Kier molecular flexibility index (Phi) is 4.95. The van der Waals surface area contributed by atoms with Gasteiger partial charge in [0.25, 0.3) is 0 Å². The smallest absolute Gasteiger partial charge is 0.243 e. The Balaban J connectivity index is 1.98. The summed E-state index contributed by atoms with van der Waals surface area (Å²) in [5.41, 5.74) is 1.77. The lowest BCUT2D eigenvalue weighted by Crippen LogP contribution is -2.22. The van der Waals surface area contributed by atoms with Gasteiger partial charge < -0.3 is 10.6 Å². The number of ketones is 1. The van der Waals surface area contributed by atoms with E-state index in [1.54, 1.807) is 42.5 Å². The Morgan fingerprint density at radius 3 is 2.57 bits per heavy atom. The molecule has 0 radical (unpaired) electrons. The SMILES string of the molecule is CC(=O)c1ccccc1NC(=O)CNc1cccc(Cl)c1. The molecule has 21 heavy (non-hydrogen) atoms. The highest BCUT2D eigenvalue weighted by Crippen LogP contribution is 2.16. The first-order chi connectivity index (χ1) is 10.1. The first kappa shape index (κ1) is 15.1. The number of para-hydroxylation sites is 1. The molecule has 2 aromatic rings. The van der Waals surface area contributed by atoms with Crippen molar-refractivity contribution in [2.24, 2.45) is 0 Å². The minimum absolute atomic E-state index is 0.0892. The molecule has 0 aliphatic rings. The third kappa shape index (κ3) is 4.33. The van der Waals surface area contributed by atoms with Gasteiger partial charge in [0.15, 0.2) is 5.78 Å². The van der Waals surface area contributed by atoms with Crippen LogP contribution in [0.2, 0.25) is 5.02 Å². The highest BCUT2D eigenvalue weighted by Gasteiger charge is 2.09. The van der Waals surface area contributed by atoms with Crippen LogP contribution in [0.5, 0.6) is 0 Å². The second-order valence-electron chi connectivity index (χ2n) is 4.51.